The van der Waals surface area contributed by atoms with E-state index in [-0.39, 0.29) is 18.3 Å². The van der Waals surface area contributed by atoms with Gasteiger partial charge in [0.1, 0.15) is 30.0 Å². The van der Waals surface area contributed by atoms with Gasteiger partial charge in [-0.3, -0.25) is 9.88 Å². The smallest absolute Gasteiger partial charge is 0.335 e. The van der Waals surface area contributed by atoms with Crippen LogP contribution in [0.1, 0.15) is 34.7 Å². The quantitative estimate of drug-likeness (QED) is 0.255. The zero-order valence-corrected chi connectivity index (χ0v) is 23.9. The molecule has 0 atom stereocenters. The molecule has 11 heteroatoms. The van der Waals surface area contributed by atoms with Gasteiger partial charge in [0, 0.05) is 55.9 Å². The maximum absolute atomic E-state index is 11.6. The molecular formula is C30H31Cl2N5O4. The molecule has 4 aromatic rings. The summed E-state index contributed by atoms with van der Waals surface area (Å²) in [5.74, 6) is 1.90. The number of hydrogen-bond donors (Lipinski definition) is 2. The Hall–Kier alpha value is -3.37. The molecule has 2 aromatic heterocycles. The van der Waals surface area contributed by atoms with Crippen molar-refractivity contribution in [1.82, 2.24) is 24.8 Å². The Balaban J connectivity index is 1.06. The van der Waals surface area contributed by atoms with Crippen LogP contribution in [-0.4, -0.2) is 62.8 Å². The number of aromatic carboxylic acids is 1. The number of piperidine rings is 1. The minimum atomic E-state index is -0.923. The van der Waals surface area contributed by atoms with E-state index in [0.29, 0.717) is 28.3 Å². The van der Waals surface area contributed by atoms with E-state index in [4.69, 9.17) is 37.7 Å². The Morgan fingerprint density at radius 1 is 1.07 bits per heavy atom. The minimum Gasteiger partial charge on any atom is -0.490 e. The zero-order valence-electron chi connectivity index (χ0n) is 22.4. The minimum absolute atomic E-state index is 0.103. The Bertz CT molecular complexity index is 1550. The lowest BCUT2D eigenvalue weighted by Gasteiger charge is -2.33. The molecule has 0 saturated carbocycles. The van der Waals surface area contributed by atoms with Crippen molar-refractivity contribution in [2.24, 2.45) is 5.92 Å². The number of aromatic nitrogens is 3. The number of pyridine rings is 1. The van der Waals surface area contributed by atoms with E-state index in [1.807, 2.05) is 18.2 Å². The fourth-order valence-electron chi connectivity index (χ4n) is 5.30. The average molecular weight is 597 g/mol. The predicted octanol–water partition coefficient (Wildman–Crippen LogP) is 5.28. The van der Waals surface area contributed by atoms with E-state index >= 15 is 0 Å². The first-order chi connectivity index (χ1) is 19.9. The van der Waals surface area contributed by atoms with E-state index in [9.17, 15) is 9.90 Å². The number of halogens is 2. The molecule has 2 aliphatic heterocycles. The molecule has 2 N–H and O–H groups in total. The Kier molecular flexibility index (Phi) is 8.30. The summed E-state index contributed by atoms with van der Waals surface area (Å²) in [6.07, 6.45) is 3.62. The number of imidazole rings is 1. The summed E-state index contributed by atoms with van der Waals surface area (Å²) < 4.78 is 14.4. The Labute approximate surface area is 248 Å². The first-order valence-electron chi connectivity index (χ1n) is 13.8. The summed E-state index contributed by atoms with van der Waals surface area (Å²) in [6.45, 7) is 5.53. The summed E-state index contributed by atoms with van der Waals surface area (Å²) in [5, 5.41) is 13.8. The van der Waals surface area contributed by atoms with Gasteiger partial charge in [0.15, 0.2) is 0 Å². The molecular weight excluding hydrogens is 565 g/mol. The number of fused-ring (bicyclic) bond motifs is 1. The van der Waals surface area contributed by atoms with Crippen LogP contribution in [0.5, 0.6) is 11.5 Å². The van der Waals surface area contributed by atoms with E-state index in [1.54, 1.807) is 36.5 Å². The zero-order chi connectivity index (χ0) is 28.3. The molecule has 6 rings (SSSR count). The number of carboxylic acids is 1. The summed E-state index contributed by atoms with van der Waals surface area (Å²) in [6, 6.07) is 14.1. The summed E-state index contributed by atoms with van der Waals surface area (Å²) >= 11 is 12.2. The van der Waals surface area contributed by atoms with Gasteiger partial charge in [-0.05, 0) is 55.3 Å². The first kappa shape index (κ1) is 27.8. The second-order valence-corrected chi connectivity index (χ2v) is 11.5. The van der Waals surface area contributed by atoms with Crippen LogP contribution in [0.4, 0.5) is 0 Å². The molecule has 0 radical (unpaired) electrons. The van der Waals surface area contributed by atoms with Crippen LogP contribution in [0.15, 0.2) is 54.7 Å². The third-order valence-electron chi connectivity index (χ3n) is 7.64. The van der Waals surface area contributed by atoms with E-state index in [0.717, 1.165) is 73.9 Å². The van der Waals surface area contributed by atoms with Crippen LogP contribution in [-0.2, 0) is 19.7 Å². The SMILES string of the molecule is O=C(O)c1ccc2nc(CN3CCC(Oc4ccnc(COc5ccc(Cl)cc5Cl)c4)CC3)n(CC3CNC3)c2c1. The molecule has 2 aliphatic rings. The molecule has 0 aliphatic carbocycles. The molecule has 0 unspecified atom stereocenters. The second-order valence-electron chi connectivity index (χ2n) is 10.6. The van der Waals surface area contributed by atoms with Crippen LogP contribution in [0.2, 0.25) is 10.0 Å². The van der Waals surface area contributed by atoms with Crippen molar-refractivity contribution in [3.05, 3.63) is 81.9 Å². The van der Waals surface area contributed by atoms with Gasteiger partial charge in [-0.25, -0.2) is 9.78 Å². The highest BCUT2D eigenvalue weighted by molar-refractivity contribution is 6.35. The van der Waals surface area contributed by atoms with Gasteiger partial charge in [0.05, 0.1) is 33.9 Å². The lowest BCUT2D eigenvalue weighted by atomic mass is 10.0. The lowest BCUT2D eigenvalue weighted by molar-refractivity contribution is 0.0697. The first-order valence-corrected chi connectivity index (χ1v) is 14.5. The second kappa shape index (κ2) is 12.2. The summed E-state index contributed by atoms with van der Waals surface area (Å²) in [5.41, 5.74) is 2.76. The van der Waals surface area contributed by atoms with Crippen molar-refractivity contribution in [1.29, 1.82) is 0 Å². The third kappa shape index (κ3) is 6.59. The van der Waals surface area contributed by atoms with Crippen molar-refractivity contribution < 1.29 is 19.4 Å². The molecule has 0 bridgehead atoms. The van der Waals surface area contributed by atoms with Gasteiger partial charge >= 0.3 is 5.97 Å². The van der Waals surface area contributed by atoms with E-state index in [1.165, 1.54) is 0 Å². The predicted molar refractivity (Wildman–Crippen MR) is 157 cm³/mol. The maximum atomic E-state index is 11.6. The largest absolute Gasteiger partial charge is 0.490 e. The number of rotatable bonds is 10. The van der Waals surface area contributed by atoms with Crippen LogP contribution in [0.25, 0.3) is 11.0 Å². The number of nitrogens with zero attached hydrogens (tertiary/aromatic N) is 4. The van der Waals surface area contributed by atoms with Crippen molar-refractivity contribution in [3.8, 4) is 11.5 Å². The van der Waals surface area contributed by atoms with Gasteiger partial charge in [0.2, 0.25) is 0 Å². The number of benzene rings is 2. The fourth-order valence-corrected chi connectivity index (χ4v) is 5.76. The lowest BCUT2D eigenvalue weighted by Crippen LogP contribution is -2.44. The number of likely N-dealkylation sites (tertiary alicyclic amines) is 1. The highest BCUT2D eigenvalue weighted by Gasteiger charge is 2.25. The van der Waals surface area contributed by atoms with Gasteiger partial charge in [-0.2, -0.15) is 0 Å². The molecule has 2 saturated heterocycles. The highest BCUT2D eigenvalue weighted by atomic mass is 35.5. The summed E-state index contributed by atoms with van der Waals surface area (Å²) in [4.78, 5) is 23.3. The van der Waals surface area contributed by atoms with Crippen LogP contribution >= 0.6 is 23.2 Å². The number of carboxylic acid groups (broad SMARTS) is 1. The highest BCUT2D eigenvalue weighted by Crippen LogP contribution is 2.29. The fraction of sp³-hybridized carbons (Fsp3) is 0.367. The molecule has 41 heavy (non-hydrogen) atoms. The Morgan fingerprint density at radius 2 is 1.90 bits per heavy atom. The topological polar surface area (TPSA) is 102 Å². The number of nitrogens with one attached hydrogen (secondary N) is 1. The monoisotopic (exact) mass is 595 g/mol. The number of ether oxygens (including phenoxy) is 2. The van der Waals surface area contributed by atoms with Gasteiger partial charge in [-0.1, -0.05) is 23.2 Å². The van der Waals surface area contributed by atoms with Crippen LogP contribution < -0.4 is 14.8 Å². The Morgan fingerprint density at radius 3 is 2.63 bits per heavy atom. The van der Waals surface area contributed by atoms with Gasteiger partial charge in [-0.15, -0.1) is 0 Å². The standard InChI is InChI=1S/C30H31Cl2N5O4/c31-21-2-4-28(25(32)12-21)40-18-22-13-24(5-8-34-22)41-23-6-9-36(10-7-23)17-29-35-26-3-1-20(30(38)39)11-27(26)37(29)16-19-14-33-15-19/h1-5,8,11-13,19,23,33H,6-7,9-10,14-18H2,(H,38,39). The number of hydrogen-bond acceptors (Lipinski definition) is 7. The van der Waals surface area contributed by atoms with Crippen molar-refractivity contribution in [2.75, 3.05) is 26.2 Å². The molecule has 0 spiro atoms. The van der Waals surface area contributed by atoms with Crippen molar-refractivity contribution >= 4 is 40.2 Å². The number of carbonyl (C=O) groups is 1. The van der Waals surface area contributed by atoms with E-state index in [2.05, 4.69) is 19.8 Å². The molecule has 9 nitrogen and oxygen atoms in total. The molecule has 0 amide bonds. The maximum Gasteiger partial charge on any atom is 0.335 e. The normalized spacial score (nSPS) is 16.5. The van der Waals surface area contributed by atoms with Crippen molar-refractivity contribution in [2.45, 2.75) is 38.6 Å². The van der Waals surface area contributed by atoms with E-state index < -0.39 is 5.97 Å². The average Bonchev–Trinajstić information content (AvgIpc) is 3.27. The third-order valence-corrected chi connectivity index (χ3v) is 8.17. The molecule has 4 heterocycles. The molecule has 214 valence electrons. The molecule has 2 fully saturated rings. The van der Waals surface area contributed by atoms with Crippen molar-refractivity contribution in [3.63, 3.8) is 0 Å². The van der Waals surface area contributed by atoms with Crippen LogP contribution in [0.3, 0.4) is 0 Å². The van der Waals surface area contributed by atoms with Gasteiger partial charge < -0.3 is 24.5 Å². The summed E-state index contributed by atoms with van der Waals surface area (Å²) in [7, 11) is 0. The van der Waals surface area contributed by atoms with Crippen LogP contribution in [0, 0.1) is 5.92 Å². The molecule has 2 aromatic carbocycles. The van der Waals surface area contributed by atoms with Gasteiger partial charge in [0.25, 0.3) is 0 Å².